The summed E-state index contributed by atoms with van der Waals surface area (Å²) in [5.41, 5.74) is 0.424. The molecule has 2 aliphatic carbocycles. The zero-order valence-electron chi connectivity index (χ0n) is 18.0. The van der Waals surface area contributed by atoms with Gasteiger partial charge in [0.2, 0.25) is 11.8 Å². The molecule has 160 valence electrons. The van der Waals surface area contributed by atoms with Gasteiger partial charge in [-0.25, -0.2) is 0 Å². The number of benzene rings is 1. The maximum Gasteiger partial charge on any atom is 0.258 e. The van der Waals surface area contributed by atoms with Crippen LogP contribution < -0.4 is 4.90 Å². The molecule has 30 heavy (non-hydrogen) atoms. The van der Waals surface area contributed by atoms with E-state index in [-0.39, 0.29) is 24.3 Å². The van der Waals surface area contributed by atoms with Gasteiger partial charge >= 0.3 is 0 Å². The molecule has 4 aliphatic rings. The Labute approximate surface area is 178 Å². The average Bonchev–Trinajstić information content (AvgIpc) is 3.51. The van der Waals surface area contributed by atoms with Crippen molar-refractivity contribution in [2.75, 3.05) is 11.4 Å². The Morgan fingerprint density at radius 1 is 1.07 bits per heavy atom. The largest absolute Gasteiger partial charge is 0.335 e. The highest BCUT2D eigenvalue weighted by Gasteiger charge is 2.54. The van der Waals surface area contributed by atoms with Crippen LogP contribution in [0.25, 0.3) is 0 Å². The van der Waals surface area contributed by atoms with Gasteiger partial charge in [0, 0.05) is 18.5 Å². The number of para-hydroxylation sites is 1. The van der Waals surface area contributed by atoms with E-state index in [1.54, 1.807) is 15.9 Å². The van der Waals surface area contributed by atoms with Crippen molar-refractivity contribution in [3.05, 3.63) is 29.8 Å². The molecule has 1 unspecified atom stereocenters. The predicted octanol–water partition coefficient (Wildman–Crippen LogP) is 3.56. The third-order valence-corrected chi connectivity index (χ3v) is 7.65. The number of hydrogen-bond donors (Lipinski definition) is 0. The zero-order chi connectivity index (χ0) is 21.0. The van der Waals surface area contributed by atoms with Gasteiger partial charge in [0.25, 0.3) is 5.91 Å². The molecule has 2 aliphatic heterocycles. The number of fused-ring (bicyclic) bond motifs is 3. The van der Waals surface area contributed by atoms with Crippen LogP contribution in [0.3, 0.4) is 0 Å². The van der Waals surface area contributed by atoms with Crippen LogP contribution in [-0.4, -0.2) is 51.8 Å². The smallest absolute Gasteiger partial charge is 0.258 e. The molecule has 1 aromatic rings. The average molecular weight is 410 g/mol. The summed E-state index contributed by atoms with van der Waals surface area (Å²) in [6.45, 7) is 4.27. The van der Waals surface area contributed by atoms with Crippen LogP contribution in [0.15, 0.2) is 24.3 Å². The third kappa shape index (κ3) is 3.03. The SMILES string of the molecule is CC1CCC(N(C(=O)CN2C(=O)c3ccccc3N3C(=O)CCC23C)C2CC2)CC1. The molecule has 3 amide bonds. The lowest BCUT2D eigenvalue weighted by Gasteiger charge is -2.49. The Hall–Kier alpha value is -2.37. The number of rotatable bonds is 4. The molecule has 1 saturated heterocycles. The maximum atomic E-state index is 13.6. The second kappa shape index (κ2) is 7.10. The van der Waals surface area contributed by atoms with Gasteiger partial charge in [0.1, 0.15) is 12.2 Å². The quantitative estimate of drug-likeness (QED) is 0.764. The van der Waals surface area contributed by atoms with E-state index in [2.05, 4.69) is 11.8 Å². The Balaban J connectivity index is 1.44. The fourth-order valence-electron chi connectivity index (χ4n) is 5.74. The molecule has 6 nitrogen and oxygen atoms in total. The fraction of sp³-hybridized carbons (Fsp3) is 0.625. The van der Waals surface area contributed by atoms with Crippen molar-refractivity contribution in [1.82, 2.24) is 9.80 Å². The molecule has 0 aromatic heterocycles. The second-order valence-corrected chi connectivity index (χ2v) is 9.80. The van der Waals surface area contributed by atoms with Gasteiger partial charge in [-0.05, 0) is 69.9 Å². The number of amides is 3. The van der Waals surface area contributed by atoms with E-state index in [0.717, 1.165) is 44.4 Å². The van der Waals surface area contributed by atoms with Gasteiger partial charge in [-0.2, -0.15) is 0 Å². The molecule has 2 heterocycles. The van der Waals surface area contributed by atoms with E-state index >= 15 is 0 Å². The Morgan fingerprint density at radius 3 is 2.37 bits per heavy atom. The molecule has 0 bridgehead atoms. The van der Waals surface area contributed by atoms with Gasteiger partial charge in [-0.1, -0.05) is 19.1 Å². The van der Waals surface area contributed by atoms with Gasteiger partial charge in [-0.3, -0.25) is 19.3 Å². The van der Waals surface area contributed by atoms with Gasteiger partial charge in [0.15, 0.2) is 0 Å². The summed E-state index contributed by atoms with van der Waals surface area (Å²) >= 11 is 0. The van der Waals surface area contributed by atoms with Crippen molar-refractivity contribution in [3.8, 4) is 0 Å². The Kier molecular flexibility index (Phi) is 4.64. The number of anilines is 1. The van der Waals surface area contributed by atoms with E-state index in [1.807, 2.05) is 25.1 Å². The lowest BCUT2D eigenvalue weighted by molar-refractivity contribution is -0.137. The summed E-state index contributed by atoms with van der Waals surface area (Å²) in [5.74, 6) is 0.662. The van der Waals surface area contributed by atoms with Crippen LogP contribution in [0.2, 0.25) is 0 Å². The van der Waals surface area contributed by atoms with Crippen molar-refractivity contribution in [1.29, 1.82) is 0 Å². The molecule has 1 atom stereocenters. The predicted molar refractivity (Wildman–Crippen MR) is 114 cm³/mol. The van der Waals surface area contributed by atoms with Crippen molar-refractivity contribution in [2.24, 2.45) is 5.92 Å². The van der Waals surface area contributed by atoms with Crippen LogP contribution in [0.4, 0.5) is 5.69 Å². The van der Waals surface area contributed by atoms with E-state index in [9.17, 15) is 14.4 Å². The van der Waals surface area contributed by atoms with E-state index in [4.69, 9.17) is 0 Å². The molecule has 0 spiro atoms. The van der Waals surface area contributed by atoms with Crippen molar-refractivity contribution in [3.63, 3.8) is 0 Å². The Bertz CT molecular complexity index is 887. The number of carbonyl (C=O) groups is 3. The van der Waals surface area contributed by atoms with Gasteiger partial charge < -0.3 is 9.80 Å². The molecule has 5 rings (SSSR count). The minimum absolute atomic E-state index is 0.0233. The molecule has 2 saturated carbocycles. The second-order valence-electron chi connectivity index (χ2n) is 9.80. The highest BCUT2D eigenvalue weighted by Crippen LogP contribution is 2.44. The Morgan fingerprint density at radius 2 is 1.70 bits per heavy atom. The molecule has 3 fully saturated rings. The van der Waals surface area contributed by atoms with Crippen molar-refractivity contribution < 1.29 is 14.4 Å². The first-order valence-corrected chi connectivity index (χ1v) is 11.5. The fourth-order valence-corrected chi connectivity index (χ4v) is 5.74. The lowest BCUT2D eigenvalue weighted by Crippen LogP contribution is -2.64. The highest BCUT2D eigenvalue weighted by atomic mass is 16.2. The van der Waals surface area contributed by atoms with E-state index < -0.39 is 5.66 Å². The highest BCUT2D eigenvalue weighted by molar-refractivity contribution is 6.11. The topological polar surface area (TPSA) is 60.9 Å². The first-order valence-electron chi connectivity index (χ1n) is 11.5. The van der Waals surface area contributed by atoms with Crippen molar-refractivity contribution in [2.45, 2.75) is 83.0 Å². The van der Waals surface area contributed by atoms with Crippen LogP contribution in [0.1, 0.15) is 75.6 Å². The van der Waals surface area contributed by atoms with Crippen LogP contribution in [0.5, 0.6) is 0 Å². The molecule has 0 N–H and O–H groups in total. The third-order valence-electron chi connectivity index (χ3n) is 7.65. The minimum atomic E-state index is -0.769. The molecule has 1 aromatic carbocycles. The molecular formula is C24H31N3O3. The minimum Gasteiger partial charge on any atom is -0.335 e. The summed E-state index contributed by atoms with van der Waals surface area (Å²) in [5, 5.41) is 0. The van der Waals surface area contributed by atoms with Crippen LogP contribution >= 0.6 is 0 Å². The zero-order valence-corrected chi connectivity index (χ0v) is 18.0. The van der Waals surface area contributed by atoms with Crippen LogP contribution in [0, 0.1) is 5.92 Å². The number of carbonyl (C=O) groups excluding carboxylic acids is 3. The molecular weight excluding hydrogens is 378 g/mol. The number of hydrogen-bond acceptors (Lipinski definition) is 3. The summed E-state index contributed by atoms with van der Waals surface area (Å²) < 4.78 is 0. The summed E-state index contributed by atoms with van der Waals surface area (Å²) in [6.07, 6.45) is 7.53. The number of nitrogens with zero attached hydrogens (tertiary/aromatic N) is 3. The first kappa shape index (κ1) is 19.6. The summed E-state index contributed by atoms with van der Waals surface area (Å²) in [6, 6.07) is 7.91. The van der Waals surface area contributed by atoms with Gasteiger partial charge in [-0.15, -0.1) is 0 Å². The summed E-state index contributed by atoms with van der Waals surface area (Å²) in [7, 11) is 0. The summed E-state index contributed by atoms with van der Waals surface area (Å²) in [4.78, 5) is 45.3. The standard InChI is InChI=1S/C24H31N3O3/c1-16-7-9-17(10-8-16)26(18-11-12-18)22(29)15-25-23(30)19-5-3-4-6-20(19)27-21(28)13-14-24(25,27)2/h3-6,16-18H,7-15H2,1-2H3. The van der Waals surface area contributed by atoms with E-state index in [0.29, 0.717) is 36.2 Å². The van der Waals surface area contributed by atoms with Gasteiger partial charge in [0.05, 0.1) is 11.3 Å². The van der Waals surface area contributed by atoms with E-state index in [1.165, 1.54) is 0 Å². The maximum absolute atomic E-state index is 13.6. The molecule has 6 heteroatoms. The van der Waals surface area contributed by atoms with Crippen molar-refractivity contribution >= 4 is 23.4 Å². The monoisotopic (exact) mass is 409 g/mol. The van der Waals surface area contributed by atoms with Crippen LogP contribution in [-0.2, 0) is 9.59 Å². The normalized spacial score (nSPS) is 30.9. The molecule has 0 radical (unpaired) electrons. The lowest BCUT2D eigenvalue weighted by atomic mass is 9.86. The first-order chi connectivity index (χ1) is 14.4.